The molecule has 3 aromatic rings. The summed E-state index contributed by atoms with van der Waals surface area (Å²) in [5.41, 5.74) is 2.45. The average molecular weight is 388 g/mol. The van der Waals surface area contributed by atoms with Crippen molar-refractivity contribution in [3.63, 3.8) is 0 Å². The molecule has 29 heavy (non-hydrogen) atoms. The fraction of sp³-hybridized carbons (Fsp3) is 0.143. The summed E-state index contributed by atoms with van der Waals surface area (Å²) in [6, 6.07) is 17.1. The van der Waals surface area contributed by atoms with E-state index in [1.54, 1.807) is 78.6 Å². The summed E-state index contributed by atoms with van der Waals surface area (Å²) in [5, 5.41) is 21.5. The van der Waals surface area contributed by atoms with Crippen LogP contribution in [0.3, 0.4) is 0 Å². The van der Waals surface area contributed by atoms with Crippen LogP contribution in [0, 0.1) is 11.3 Å². The van der Waals surface area contributed by atoms with Crippen LogP contribution in [-0.4, -0.2) is 28.1 Å². The van der Waals surface area contributed by atoms with Gasteiger partial charge in [0.1, 0.15) is 6.04 Å². The van der Waals surface area contributed by atoms with E-state index in [1.165, 1.54) is 0 Å². The third-order valence-corrected chi connectivity index (χ3v) is 4.18. The molecule has 0 fully saturated rings. The average Bonchev–Trinajstić information content (AvgIpc) is 3.27. The van der Waals surface area contributed by atoms with Gasteiger partial charge in [-0.25, -0.2) is 0 Å². The van der Waals surface area contributed by atoms with E-state index >= 15 is 0 Å². The van der Waals surface area contributed by atoms with E-state index in [0.717, 1.165) is 5.69 Å². The molecular weight excluding hydrogens is 368 g/mol. The lowest BCUT2D eigenvalue weighted by molar-refractivity contribution is -0.119. The predicted molar refractivity (Wildman–Crippen MR) is 110 cm³/mol. The molecule has 0 aliphatic rings. The Labute approximate surface area is 168 Å². The number of carbonyl (C=O) groups excluding carboxylic acids is 2. The van der Waals surface area contributed by atoms with Crippen molar-refractivity contribution in [2.75, 3.05) is 22.5 Å². The molecule has 0 aliphatic carbocycles. The zero-order valence-corrected chi connectivity index (χ0v) is 15.8. The van der Waals surface area contributed by atoms with Crippen LogP contribution in [0.2, 0.25) is 0 Å². The number of nitrogens with zero attached hydrogens (tertiary/aromatic N) is 3. The maximum Gasteiger partial charge on any atom is 0.248 e. The predicted octanol–water partition coefficient (Wildman–Crippen LogP) is 3.01. The van der Waals surface area contributed by atoms with Gasteiger partial charge < -0.3 is 16.0 Å². The van der Waals surface area contributed by atoms with Crippen LogP contribution in [-0.2, 0) is 9.59 Å². The molecule has 1 heterocycles. The van der Waals surface area contributed by atoms with Gasteiger partial charge in [-0.3, -0.25) is 14.3 Å². The summed E-state index contributed by atoms with van der Waals surface area (Å²) >= 11 is 0. The molecule has 3 rings (SSSR count). The Morgan fingerprint density at radius 3 is 2.45 bits per heavy atom. The maximum absolute atomic E-state index is 12.4. The number of amides is 2. The number of anilines is 3. The van der Waals surface area contributed by atoms with E-state index in [4.69, 9.17) is 5.26 Å². The first-order chi connectivity index (χ1) is 14.0. The summed E-state index contributed by atoms with van der Waals surface area (Å²) in [7, 11) is 0. The molecule has 0 saturated carbocycles. The lowest BCUT2D eigenvalue weighted by atomic mass is 10.2. The molecule has 0 bridgehead atoms. The van der Waals surface area contributed by atoms with Gasteiger partial charge in [0.05, 0.1) is 18.2 Å². The zero-order valence-electron chi connectivity index (χ0n) is 15.8. The molecule has 146 valence electrons. The monoisotopic (exact) mass is 388 g/mol. The summed E-state index contributed by atoms with van der Waals surface area (Å²) in [6.07, 6.45) is 3.34. The fourth-order valence-corrected chi connectivity index (χ4v) is 2.60. The number of hydrogen-bond donors (Lipinski definition) is 3. The number of nitriles is 1. The lowest BCUT2D eigenvalue weighted by Crippen LogP contribution is -2.24. The van der Waals surface area contributed by atoms with E-state index in [9.17, 15) is 9.59 Å². The Kier molecular flexibility index (Phi) is 6.22. The number of aromatic nitrogens is 2. The number of rotatable bonds is 7. The lowest BCUT2D eigenvalue weighted by Gasteiger charge is -2.14. The second-order valence-electron chi connectivity index (χ2n) is 6.32. The fourth-order valence-electron chi connectivity index (χ4n) is 2.60. The van der Waals surface area contributed by atoms with E-state index in [1.807, 2.05) is 6.07 Å². The molecule has 0 aliphatic heterocycles. The summed E-state index contributed by atoms with van der Waals surface area (Å²) < 4.78 is 1.57. The Hall–Kier alpha value is -4.12. The largest absolute Gasteiger partial charge is 0.376 e. The number of carbonyl (C=O) groups is 2. The van der Waals surface area contributed by atoms with Gasteiger partial charge in [-0.05, 0) is 55.5 Å². The van der Waals surface area contributed by atoms with Crippen LogP contribution in [0.15, 0.2) is 67.0 Å². The maximum atomic E-state index is 12.4. The van der Waals surface area contributed by atoms with Crippen molar-refractivity contribution in [2.24, 2.45) is 0 Å². The highest BCUT2D eigenvalue weighted by molar-refractivity contribution is 5.96. The highest BCUT2D eigenvalue weighted by Gasteiger charge is 2.15. The Balaban J connectivity index is 1.54. The molecule has 1 aromatic heterocycles. The summed E-state index contributed by atoms with van der Waals surface area (Å²) in [6.45, 7) is 1.82. The Morgan fingerprint density at radius 2 is 1.79 bits per heavy atom. The first-order valence-electron chi connectivity index (χ1n) is 8.99. The van der Waals surface area contributed by atoms with Crippen LogP contribution >= 0.6 is 0 Å². The minimum absolute atomic E-state index is 0.0683. The molecule has 3 N–H and O–H groups in total. The molecule has 2 aromatic carbocycles. The molecule has 1 atom stereocenters. The van der Waals surface area contributed by atoms with Gasteiger partial charge in [0.15, 0.2) is 0 Å². The molecule has 0 radical (unpaired) electrons. The molecule has 0 saturated heterocycles. The number of nitrogens with one attached hydrogen (secondary N) is 3. The zero-order chi connectivity index (χ0) is 20.6. The van der Waals surface area contributed by atoms with Crippen LogP contribution in [0.25, 0.3) is 0 Å². The van der Waals surface area contributed by atoms with E-state index in [0.29, 0.717) is 16.9 Å². The quantitative estimate of drug-likeness (QED) is 0.576. The van der Waals surface area contributed by atoms with Crippen molar-refractivity contribution in [2.45, 2.75) is 13.0 Å². The third kappa shape index (κ3) is 5.43. The normalized spacial score (nSPS) is 11.2. The Morgan fingerprint density at radius 1 is 1.07 bits per heavy atom. The van der Waals surface area contributed by atoms with Crippen LogP contribution in [0.1, 0.15) is 18.5 Å². The van der Waals surface area contributed by atoms with E-state index in [-0.39, 0.29) is 18.4 Å². The first-order valence-corrected chi connectivity index (χ1v) is 8.99. The molecule has 2 amide bonds. The highest BCUT2D eigenvalue weighted by atomic mass is 16.2. The minimum atomic E-state index is -0.458. The SMILES string of the molecule is CC(C(=O)Nc1cccc(NC(=O)CNc2ccc(C#N)cc2)c1)n1cccn1. The third-order valence-electron chi connectivity index (χ3n) is 4.18. The standard InChI is InChI=1S/C21H20N6O2/c1-15(27-11-3-10-24-27)21(29)26-19-5-2-4-18(12-19)25-20(28)14-23-17-8-6-16(13-22)7-9-17/h2-12,15,23H,14H2,1H3,(H,25,28)(H,26,29). The minimum Gasteiger partial charge on any atom is -0.376 e. The van der Waals surface area contributed by atoms with Crippen LogP contribution in [0.5, 0.6) is 0 Å². The van der Waals surface area contributed by atoms with Gasteiger partial charge in [0.2, 0.25) is 11.8 Å². The Bertz CT molecular complexity index is 1020. The second kappa shape index (κ2) is 9.19. The topological polar surface area (TPSA) is 112 Å². The summed E-state index contributed by atoms with van der Waals surface area (Å²) in [5.74, 6) is -0.442. The van der Waals surface area contributed by atoms with Gasteiger partial charge >= 0.3 is 0 Å². The molecule has 8 nitrogen and oxygen atoms in total. The van der Waals surface area contributed by atoms with Crippen LogP contribution in [0.4, 0.5) is 17.1 Å². The number of benzene rings is 2. The molecular formula is C21H20N6O2. The van der Waals surface area contributed by atoms with E-state index < -0.39 is 6.04 Å². The number of hydrogen-bond acceptors (Lipinski definition) is 5. The van der Waals surface area contributed by atoms with Crippen molar-refractivity contribution in [1.29, 1.82) is 5.26 Å². The van der Waals surface area contributed by atoms with Gasteiger partial charge in [-0.1, -0.05) is 6.07 Å². The van der Waals surface area contributed by atoms with Crippen molar-refractivity contribution < 1.29 is 9.59 Å². The molecule has 1 unspecified atom stereocenters. The van der Waals surface area contributed by atoms with Crippen molar-refractivity contribution in [3.8, 4) is 6.07 Å². The second-order valence-corrected chi connectivity index (χ2v) is 6.32. The first kappa shape index (κ1) is 19.6. The smallest absolute Gasteiger partial charge is 0.248 e. The molecule has 0 spiro atoms. The van der Waals surface area contributed by atoms with Gasteiger partial charge in [-0.15, -0.1) is 0 Å². The van der Waals surface area contributed by atoms with Gasteiger partial charge in [-0.2, -0.15) is 10.4 Å². The van der Waals surface area contributed by atoms with Crippen LogP contribution < -0.4 is 16.0 Å². The van der Waals surface area contributed by atoms with Crippen molar-refractivity contribution in [1.82, 2.24) is 9.78 Å². The molecule has 8 heteroatoms. The van der Waals surface area contributed by atoms with Crippen molar-refractivity contribution >= 4 is 28.9 Å². The summed E-state index contributed by atoms with van der Waals surface area (Å²) in [4.78, 5) is 24.5. The van der Waals surface area contributed by atoms with Gasteiger partial charge in [0.25, 0.3) is 0 Å². The highest BCUT2D eigenvalue weighted by Crippen LogP contribution is 2.17. The van der Waals surface area contributed by atoms with E-state index in [2.05, 4.69) is 21.0 Å². The van der Waals surface area contributed by atoms with Crippen molar-refractivity contribution in [3.05, 3.63) is 72.6 Å². The van der Waals surface area contributed by atoms with Gasteiger partial charge in [0, 0.05) is 29.5 Å².